The summed E-state index contributed by atoms with van der Waals surface area (Å²) in [6.07, 6.45) is 0. The highest BCUT2D eigenvalue weighted by Gasteiger charge is 2.22. The van der Waals surface area contributed by atoms with Gasteiger partial charge in [-0.25, -0.2) is 4.98 Å². The number of fused-ring (bicyclic) bond motifs is 12. The van der Waals surface area contributed by atoms with Gasteiger partial charge in [-0.2, -0.15) is 9.97 Å². The molecule has 15 aromatic rings. The van der Waals surface area contributed by atoms with Crippen LogP contribution in [0.3, 0.4) is 0 Å². The minimum atomic E-state index is 0.568. The number of aromatic nitrogens is 7. The van der Waals surface area contributed by atoms with E-state index < -0.39 is 0 Å². The van der Waals surface area contributed by atoms with Crippen molar-refractivity contribution >= 4 is 87.2 Å². The summed E-state index contributed by atoms with van der Waals surface area (Å²) in [5, 5.41) is 9.54. The Bertz CT molecular complexity index is 4260. The third-order valence-corrected chi connectivity index (χ3v) is 14.2. The number of benzene rings is 10. The van der Waals surface area contributed by atoms with Crippen LogP contribution in [0.5, 0.6) is 0 Å². The van der Waals surface area contributed by atoms with Crippen molar-refractivity contribution in [2.45, 2.75) is 0 Å². The second kappa shape index (κ2) is 15.0. The molecule has 0 fully saturated rings. The first-order valence-corrected chi connectivity index (χ1v) is 23.7. The Morgan fingerprint density at radius 1 is 0.214 bits per heavy atom. The van der Waals surface area contributed by atoms with Crippen LogP contribution in [-0.2, 0) is 0 Å². The zero-order chi connectivity index (χ0) is 45.9. The highest BCUT2D eigenvalue weighted by molar-refractivity contribution is 6.15. The molecule has 0 spiro atoms. The second-order valence-electron chi connectivity index (χ2n) is 18.0. The van der Waals surface area contributed by atoms with Crippen LogP contribution in [0.2, 0.25) is 0 Å². The van der Waals surface area contributed by atoms with Gasteiger partial charge in [0.25, 0.3) is 0 Å². The molecular formula is C63H39N7. The summed E-state index contributed by atoms with van der Waals surface area (Å²) in [6, 6.07) is 84.6. The van der Waals surface area contributed by atoms with E-state index in [1.807, 2.05) is 36.4 Å². The van der Waals surface area contributed by atoms with E-state index in [9.17, 15) is 0 Å². The molecule has 0 saturated carbocycles. The molecule has 0 aliphatic heterocycles. The van der Waals surface area contributed by atoms with Gasteiger partial charge < -0.3 is 13.7 Å². The molecule has 5 aromatic heterocycles. The first-order valence-electron chi connectivity index (χ1n) is 23.7. The third kappa shape index (κ3) is 5.66. The smallest absolute Gasteiger partial charge is 0.238 e. The molecule has 0 N–H and O–H groups in total. The van der Waals surface area contributed by atoms with Gasteiger partial charge in [-0.05, 0) is 84.9 Å². The van der Waals surface area contributed by atoms with E-state index in [1.54, 1.807) is 0 Å². The van der Waals surface area contributed by atoms with Gasteiger partial charge in [0.15, 0.2) is 11.6 Å². The fourth-order valence-electron chi connectivity index (χ4n) is 11.2. The van der Waals surface area contributed by atoms with Crippen LogP contribution >= 0.6 is 0 Å². The second-order valence-corrected chi connectivity index (χ2v) is 18.0. The first kappa shape index (κ1) is 38.5. The van der Waals surface area contributed by atoms with Crippen molar-refractivity contribution < 1.29 is 0 Å². The van der Waals surface area contributed by atoms with E-state index in [0.29, 0.717) is 17.6 Å². The molecule has 326 valence electrons. The molecular weight excluding hydrogens is 855 g/mol. The first-order chi connectivity index (χ1) is 34.7. The fourth-order valence-corrected chi connectivity index (χ4v) is 11.2. The molecule has 0 aliphatic rings. The van der Waals surface area contributed by atoms with Crippen LogP contribution < -0.4 is 0 Å². The molecule has 0 aliphatic carbocycles. The largest absolute Gasteiger partial charge is 0.309 e. The molecule has 7 heteroatoms. The monoisotopic (exact) mass is 893 g/mol. The molecule has 0 radical (unpaired) electrons. The highest BCUT2D eigenvalue weighted by atomic mass is 15.2. The lowest BCUT2D eigenvalue weighted by atomic mass is 10.1. The van der Waals surface area contributed by atoms with E-state index in [1.165, 1.54) is 54.4 Å². The maximum Gasteiger partial charge on any atom is 0.238 e. The zero-order valence-corrected chi connectivity index (χ0v) is 37.6. The Morgan fingerprint density at radius 3 is 0.857 bits per heavy atom. The highest BCUT2D eigenvalue weighted by Crippen LogP contribution is 2.41. The topological polar surface area (TPSA) is 58.4 Å². The summed E-state index contributed by atoms with van der Waals surface area (Å²) < 4.78 is 9.46. The molecule has 0 saturated heterocycles. The molecule has 15 rings (SSSR count). The van der Waals surface area contributed by atoms with Crippen molar-refractivity contribution in [1.29, 1.82) is 0 Å². The minimum Gasteiger partial charge on any atom is -0.309 e. The lowest BCUT2D eigenvalue weighted by Gasteiger charge is -2.12. The zero-order valence-electron chi connectivity index (χ0n) is 37.6. The number of nitrogens with zero attached hydrogens (tertiary/aromatic N) is 7. The predicted molar refractivity (Wildman–Crippen MR) is 288 cm³/mol. The van der Waals surface area contributed by atoms with Crippen LogP contribution in [0.4, 0.5) is 0 Å². The summed E-state index contributed by atoms with van der Waals surface area (Å²) in [5.74, 6) is 1.81. The normalized spacial score (nSPS) is 12.0. The van der Waals surface area contributed by atoms with Crippen molar-refractivity contribution in [2.24, 2.45) is 0 Å². The van der Waals surface area contributed by atoms with Gasteiger partial charge >= 0.3 is 0 Å². The van der Waals surface area contributed by atoms with E-state index in [-0.39, 0.29) is 0 Å². The minimum absolute atomic E-state index is 0.568. The molecule has 0 amide bonds. The van der Waals surface area contributed by atoms with E-state index in [2.05, 4.69) is 218 Å². The van der Waals surface area contributed by atoms with Crippen molar-refractivity contribution in [1.82, 2.24) is 33.2 Å². The quantitative estimate of drug-likeness (QED) is 0.167. The van der Waals surface area contributed by atoms with Gasteiger partial charge in [-0.3, -0.25) is 4.57 Å². The van der Waals surface area contributed by atoms with Gasteiger partial charge in [0.05, 0.1) is 44.1 Å². The molecule has 0 unspecified atom stereocenters. The summed E-state index contributed by atoms with van der Waals surface area (Å²) in [6.45, 7) is 0. The van der Waals surface area contributed by atoms with Crippen molar-refractivity contribution in [2.75, 3.05) is 0 Å². The number of hydrogen-bond donors (Lipinski definition) is 0. The van der Waals surface area contributed by atoms with E-state index in [0.717, 1.165) is 61.0 Å². The van der Waals surface area contributed by atoms with Crippen molar-refractivity contribution in [3.05, 3.63) is 237 Å². The van der Waals surface area contributed by atoms with Crippen molar-refractivity contribution in [3.8, 4) is 45.8 Å². The van der Waals surface area contributed by atoms with Gasteiger partial charge in [-0.1, -0.05) is 152 Å². The Labute approximate surface area is 401 Å². The summed E-state index contributed by atoms with van der Waals surface area (Å²) in [5.41, 5.74) is 14.2. The summed E-state index contributed by atoms with van der Waals surface area (Å²) in [4.78, 5) is 15.4. The Kier molecular flexibility index (Phi) is 8.23. The van der Waals surface area contributed by atoms with Gasteiger partial charge in [0, 0.05) is 71.3 Å². The average molecular weight is 894 g/mol. The van der Waals surface area contributed by atoms with Crippen molar-refractivity contribution in [3.63, 3.8) is 0 Å². The van der Waals surface area contributed by atoms with Gasteiger partial charge in [-0.15, -0.1) is 0 Å². The van der Waals surface area contributed by atoms with Crippen LogP contribution in [0, 0.1) is 0 Å². The molecule has 0 bridgehead atoms. The molecule has 70 heavy (non-hydrogen) atoms. The molecule has 7 nitrogen and oxygen atoms in total. The SMILES string of the molecule is c1ccc(-c2nc(-c3ccccc3)nc(-n3c4ccccc4c4cc(-n5c6ccc(-n7c8ccccc8c8ccccc87)cc6c6cc(-n7c8ccccc8c8ccccc87)ccc65)ccc43)n2)cc1. The average Bonchev–Trinajstić information content (AvgIpc) is 4.16. The number of para-hydroxylation sites is 5. The van der Waals surface area contributed by atoms with E-state index >= 15 is 0 Å². The maximum absolute atomic E-state index is 5.19. The summed E-state index contributed by atoms with van der Waals surface area (Å²) in [7, 11) is 0. The Morgan fingerprint density at radius 2 is 0.486 bits per heavy atom. The van der Waals surface area contributed by atoms with Crippen LogP contribution in [0.25, 0.3) is 133 Å². The maximum atomic E-state index is 5.19. The Hall–Kier alpha value is -9.59. The Balaban J connectivity index is 0.983. The molecule has 5 heterocycles. The predicted octanol–water partition coefficient (Wildman–Crippen LogP) is 15.6. The van der Waals surface area contributed by atoms with Gasteiger partial charge in [0.1, 0.15) is 0 Å². The number of hydrogen-bond acceptors (Lipinski definition) is 3. The van der Waals surface area contributed by atoms with E-state index in [4.69, 9.17) is 15.0 Å². The number of rotatable bonds is 6. The van der Waals surface area contributed by atoms with Crippen LogP contribution in [-0.4, -0.2) is 33.2 Å². The van der Waals surface area contributed by atoms with Crippen LogP contribution in [0.15, 0.2) is 237 Å². The van der Waals surface area contributed by atoms with Gasteiger partial charge in [0.2, 0.25) is 5.95 Å². The third-order valence-electron chi connectivity index (χ3n) is 14.2. The summed E-state index contributed by atoms with van der Waals surface area (Å²) >= 11 is 0. The standard InChI is InChI=1S/C63H39N7/c1-3-17-40(18-4-1)61-64-62(41-19-5-2-6-20-41)66-63(65-61)70-57-30-16-11-25-49(57)50-37-42(33-36-60(50)70)69-58-34-31-43(67-53-26-12-7-21-45(53)46-22-8-13-27-54(46)67)38-51(58)52-39-44(32-35-59(52)69)68-55-28-14-9-23-47(55)48-24-10-15-29-56(48)68/h1-39H. The molecule has 0 atom stereocenters. The lowest BCUT2D eigenvalue weighted by molar-refractivity contribution is 0.953. The fraction of sp³-hybridized carbons (Fsp3) is 0. The van der Waals surface area contributed by atoms with Crippen LogP contribution in [0.1, 0.15) is 0 Å². The molecule has 10 aromatic carbocycles. The lowest BCUT2D eigenvalue weighted by Crippen LogP contribution is -2.06.